The molecule has 1 aromatic carbocycles. The molecule has 4 heterocycles. The lowest BCUT2D eigenvalue weighted by Crippen LogP contribution is -2.24. The molecule has 0 bridgehead atoms. The minimum absolute atomic E-state index is 0.0587. The highest BCUT2D eigenvalue weighted by molar-refractivity contribution is 7.17. The number of aromatic nitrogens is 2. The molecule has 0 radical (unpaired) electrons. The van der Waals surface area contributed by atoms with E-state index in [1.165, 1.54) is 11.3 Å². The minimum atomic E-state index is -0.274. The maximum absolute atomic E-state index is 13.2. The van der Waals surface area contributed by atoms with Crippen molar-refractivity contribution >= 4 is 39.1 Å². The van der Waals surface area contributed by atoms with E-state index in [-0.39, 0.29) is 23.7 Å². The van der Waals surface area contributed by atoms with E-state index in [9.17, 15) is 9.59 Å². The summed E-state index contributed by atoms with van der Waals surface area (Å²) in [6.45, 7) is 1.88. The van der Waals surface area contributed by atoms with Crippen LogP contribution in [0.4, 0.5) is 5.13 Å². The summed E-state index contributed by atoms with van der Waals surface area (Å²) in [5.41, 5.74) is 2.03. The zero-order valence-electron chi connectivity index (χ0n) is 16.5. The van der Waals surface area contributed by atoms with Gasteiger partial charge < -0.3 is 14.5 Å². The van der Waals surface area contributed by atoms with E-state index in [0.717, 1.165) is 36.6 Å². The number of para-hydroxylation sites is 1. The average Bonchev–Trinajstić information content (AvgIpc) is 3.52. The maximum Gasteiger partial charge on any atom is 0.273 e. The number of thiazole rings is 1. The highest BCUT2D eigenvalue weighted by Crippen LogP contribution is 2.37. The fourth-order valence-corrected chi connectivity index (χ4v) is 5.11. The third kappa shape index (κ3) is 3.78. The molecule has 0 saturated carbocycles. The monoisotopic (exact) mass is 425 g/mol. The first-order valence-corrected chi connectivity index (χ1v) is 11.1. The largest absolute Gasteiger partial charge is 0.381 e. The van der Waals surface area contributed by atoms with E-state index in [0.29, 0.717) is 41.2 Å². The number of ether oxygens (including phenoxy) is 2. The normalized spacial score (nSPS) is 19.9. The van der Waals surface area contributed by atoms with Gasteiger partial charge in [0.1, 0.15) is 11.8 Å². The predicted molar refractivity (Wildman–Crippen MR) is 114 cm³/mol. The predicted octanol–water partition coefficient (Wildman–Crippen LogP) is 4.34. The number of amides is 1. The van der Waals surface area contributed by atoms with Gasteiger partial charge in [0.25, 0.3) is 5.91 Å². The Kier molecular flexibility index (Phi) is 5.37. The van der Waals surface area contributed by atoms with Crippen LogP contribution < -0.4 is 5.32 Å². The van der Waals surface area contributed by atoms with Crippen LogP contribution in [0.5, 0.6) is 0 Å². The smallest absolute Gasteiger partial charge is 0.273 e. The van der Waals surface area contributed by atoms with Gasteiger partial charge in [0.15, 0.2) is 10.9 Å². The van der Waals surface area contributed by atoms with Gasteiger partial charge in [-0.15, -0.1) is 0 Å². The lowest BCUT2D eigenvalue weighted by Gasteiger charge is -2.20. The van der Waals surface area contributed by atoms with Crippen molar-refractivity contribution in [2.24, 2.45) is 5.92 Å². The molecular formula is C22H23N3O4S. The molecule has 156 valence electrons. The number of carbonyl (C=O) groups excluding carboxylic acids is 2. The SMILES string of the molecule is O=C(Nc1nc(C2CCCO2)c(C(=O)C2CCOCC2)s1)c1cc2ccccc2[nH]1. The Morgan fingerprint density at radius 1 is 1.13 bits per heavy atom. The molecule has 7 nitrogen and oxygen atoms in total. The molecule has 0 spiro atoms. The van der Waals surface area contributed by atoms with E-state index in [1.54, 1.807) is 0 Å². The number of aromatic amines is 1. The van der Waals surface area contributed by atoms with Crippen LogP contribution >= 0.6 is 11.3 Å². The van der Waals surface area contributed by atoms with Gasteiger partial charge in [-0.25, -0.2) is 4.98 Å². The highest BCUT2D eigenvalue weighted by atomic mass is 32.1. The number of hydrogen-bond acceptors (Lipinski definition) is 6. The number of hydrogen-bond donors (Lipinski definition) is 2. The van der Waals surface area contributed by atoms with Gasteiger partial charge in [0, 0.05) is 36.6 Å². The summed E-state index contributed by atoms with van der Waals surface area (Å²) in [6, 6.07) is 9.54. The molecule has 5 rings (SSSR count). The van der Waals surface area contributed by atoms with Gasteiger partial charge in [-0.3, -0.25) is 14.9 Å². The summed E-state index contributed by atoms with van der Waals surface area (Å²) in [5, 5.41) is 4.27. The summed E-state index contributed by atoms with van der Waals surface area (Å²) in [4.78, 5) is 34.4. The Labute approximate surface area is 177 Å². The van der Waals surface area contributed by atoms with Crippen LogP contribution in [0.3, 0.4) is 0 Å². The van der Waals surface area contributed by atoms with Crippen LogP contribution in [-0.4, -0.2) is 41.5 Å². The number of nitrogens with zero attached hydrogens (tertiary/aromatic N) is 1. The van der Waals surface area contributed by atoms with Crippen molar-refractivity contribution in [2.75, 3.05) is 25.1 Å². The number of carbonyl (C=O) groups is 2. The van der Waals surface area contributed by atoms with Crippen molar-refractivity contribution in [2.45, 2.75) is 31.8 Å². The number of benzene rings is 1. The Bertz CT molecular complexity index is 1040. The second-order valence-electron chi connectivity index (χ2n) is 7.71. The van der Waals surface area contributed by atoms with E-state index in [2.05, 4.69) is 15.3 Å². The number of rotatable bonds is 5. The number of ketones is 1. The molecule has 8 heteroatoms. The summed E-state index contributed by atoms with van der Waals surface area (Å²) in [5.74, 6) is -0.243. The lowest BCUT2D eigenvalue weighted by molar-refractivity contribution is 0.0541. The van der Waals surface area contributed by atoms with Crippen molar-refractivity contribution in [3.63, 3.8) is 0 Å². The van der Waals surface area contributed by atoms with Crippen LogP contribution in [0, 0.1) is 5.92 Å². The molecular weight excluding hydrogens is 402 g/mol. The second kappa shape index (κ2) is 8.29. The molecule has 2 aliphatic heterocycles. The summed E-state index contributed by atoms with van der Waals surface area (Å²) in [7, 11) is 0. The Morgan fingerprint density at radius 2 is 1.97 bits per heavy atom. The molecule has 2 fully saturated rings. The number of nitrogens with one attached hydrogen (secondary N) is 2. The van der Waals surface area contributed by atoms with Crippen LogP contribution in [0.15, 0.2) is 30.3 Å². The Hall–Kier alpha value is -2.55. The van der Waals surface area contributed by atoms with E-state index in [4.69, 9.17) is 9.47 Å². The summed E-state index contributed by atoms with van der Waals surface area (Å²) < 4.78 is 11.2. The average molecular weight is 426 g/mol. The standard InChI is InChI=1S/C22H23N3O4S/c26-19(13-7-10-28-11-8-13)20-18(17-6-3-9-29-17)24-22(30-20)25-21(27)16-12-14-4-1-2-5-15(14)23-16/h1-2,4-5,12-13,17,23H,3,6-11H2,(H,24,25,27). The topological polar surface area (TPSA) is 93.3 Å². The molecule has 2 aliphatic rings. The fourth-order valence-electron chi connectivity index (χ4n) is 4.08. The van der Waals surface area contributed by atoms with Crippen LogP contribution in [0.1, 0.15) is 57.6 Å². The van der Waals surface area contributed by atoms with Gasteiger partial charge in [0.2, 0.25) is 0 Å². The first-order valence-electron chi connectivity index (χ1n) is 10.3. The lowest BCUT2D eigenvalue weighted by atomic mass is 9.93. The summed E-state index contributed by atoms with van der Waals surface area (Å²) >= 11 is 1.25. The highest BCUT2D eigenvalue weighted by Gasteiger charge is 2.32. The second-order valence-corrected chi connectivity index (χ2v) is 8.71. The zero-order chi connectivity index (χ0) is 20.5. The van der Waals surface area contributed by atoms with Crippen LogP contribution in [0.25, 0.3) is 10.9 Å². The Morgan fingerprint density at radius 3 is 2.73 bits per heavy atom. The quantitative estimate of drug-likeness (QED) is 0.593. The molecule has 0 aliphatic carbocycles. The molecule has 1 amide bonds. The van der Waals surface area contributed by atoms with Crippen LogP contribution in [-0.2, 0) is 9.47 Å². The van der Waals surface area contributed by atoms with E-state index in [1.807, 2.05) is 30.3 Å². The number of Topliss-reactive ketones (excluding diaryl/α,β-unsaturated/α-hetero) is 1. The molecule has 2 saturated heterocycles. The van der Waals surface area contributed by atoms with Crippen molar-refractivity contribution in [1.82, 2.24) is 9.97 Å². The summed E-state index contributed by atoms with van der Waals surface area (Å²) in [6.07, 6.45) is 3.05. The van der Waals surface area contributed by atoms with Crippen LogP contribution in [0.2, 0.25) is 0 Å². The zero-order valence-corrected chi connectivity index (χ0v) is 17.3. The Balaban J connectivity index is 1.41. The molecule has 2 N–H and O–H groups in total. The first kappa shape index (κ1) is 19.4. The number of anilines is 1. The van der Waals surface area contributed by atoms with Crippen molar-refractivity contribution in [3.8, 4) is 0 Å². The molecule has 3 aromatic rings. The fraction of sp³-hybridized carbons (Fsp3) is 0.409. The molecule has 30 heavy (non-hydrogen) atoms. The van der Waals surface area contributed by atoms with Gasteiger partial charge in [-0.05, 0) is 37.8 Å². The first-order chi connectivity index (χ1) is 14.7. The van der Waals surface area contributed by atoms with Crippen molar-refractivity contribution in [1.29, 1.82) is 0 Å². The van der Waals surface area contributed by atoms with Gasteiger partial charge in [-0.1, -0.05) is 29.5 Å². The maximum atomic E-state index is 13.2. The molecule has 1 atom stereocenters. The molecule has 2 aromatic heterocycles. The minimum Gasteiger partial charge on any atom is -0.381 e. The molecule has 1 unspecified atom stereocenters. The van der Waals surface area contributed by atoms with Gasteiger partial charge in [-0.2, -0.15) is 0 Å². The third-order valence-electron chi connectivity index (χ3n) is 5.70. The van der Waals surface area contributed by atoms with E-state index < -0.39 is 0 Å². The van der Waals surface area contributed by atoms with E-state index >= 15 is 0 Å². The van der Waals surface area contributed by atoms with Gasteiger partial charge in [0.05, 0.1) is 10.6 Å². The number of fused-ring (bicyclic) bond motifs is 1. The van der Waals surface area contributed by atoms with Gasteiger partial charge >= 0.3 is 0 Å². The third-order valence-corrected chi connectivity index (χ3v) is 6.70. The van der Waals surface area contributed by atoms with Crippen molar-refractivity contribution in [3.05, 3.63) is 46.6 Å². The van der Waals surface area contributed by atoms with Crippen molar-refractivity contribution < 1.29 is 19.1 Å². The number of H-pyrrole nitrogens is 1.